The van der Waals surface area contributed by atoms with E-state index in [1.807, 2.05) is 28.8 Å². The van der Waals surface area contributed by atoms with Crippen molar-refractivity contribution in [2.24, 2.45) is 0 Å². The molecule has 0 saturated heterocycles. The fraction of sp³-hybridized carbons (Fsp3) is 0.364. The van der Waals surface area contributed by atoms with E-state index in [-0.39, 0.29) is 18.5 Å². The van der Waals surface area contributed by atoms with Crippen molar-refractivity contribution in [3.05, 3.63) is 64.8 Å². The molecule has 2 aliphatic rings. The van der Waals surface area contributed by atoms with E-state index in [0.717, 1.165) is 41.5 Å². The summed E-state index contributed by atoms with van der Waals surface area (Å²) in [7, 11) is 0. The lowest BCUT2D eigenvalue weighted by Crippen LogP contribution is -2.39. The lowest BCUT2D eigenvalue weighted by molar-refractivity contribution is -0.153. The predicted molar refractivity (Wildman–Crippen MR) is 103 cm³/mol. The van der Waals surface area contributed by atoms with Crippen molar-refractivity contribution in [1.82, 2.24) is 9.47 Å². The Morgan fingerprint density at radius 2 is 1.97 bits per heavy atom. The molecular weight excluding hydrogens is 381 g/mol. The summed E-state index contributed by atoms with van der Waals surface area (Å²) >= 11 is 0. The molecule has 29 heavy (non-hydrogen) atoms. The van der Waals surface area contributed by atoms with Crippen molar-refractivity contribution in [2.45, 2.75) is 38.3 Å². The fourth-order valence-electron chi connectivity index (χ4n) is 4.79. The minimum atomic E-state index is -4.35. The third-order valence-corrected chi connectivity index (χ3v) is 6.07. The first-order valence-corrected chi connectivity index (χ1v) is 9.71. The second-order valence-electron chi connectivity index (χ2n) is 7.72. The Morgan fingerprint density at radius 1 is 1.14 bits per heavy atom. The summed E-state index contributed by atoms with van der Waals surface area (Å²) in [6.45, 7) is 0.240. The monoisotopic (exact) mass is 402 g/mol. The maximum Gasteiger partial charge on any atom is 0.422 e. The zero-order valence-electron chi connectivity index (χ0n) is 15.7. The molecule has 3 aromatic rings. The minimum absolute atomic E-state index is 0.0691. The first-order valence-electron chi connectivity index (χ1n) is 9.71. The number of rotatable bonds is 3. The van der Waals surface area contributed by atoms with Crippen molar-refractivity contribution >= 4 is 10.9 Å². The number of aliphatic hydroxyl groups excluding tert-OH is 1. The topological polar surface area (TPSA) is 37.6 Å². The van der Waals surface area contributed by atoms with Crippen LogP contribution >= 0.6 is 0 Å². The fourth-order valence-corrected chi connectivity index (χ4v) is 4.79. The van der Waals surface area contributed by atoms with Crippen LogP contribution in [0.5, 0.6) is 5.75 Å². The van der Waals surface area contributed by atoms with Gasteiger partial charge >= 0.3 is 6.18 Å². The van der Waals surface area contributed by atoms with Gasteiger partial charge in [-0.1, -0.05) is 24.3 Å². The van der Waals surface area contributed by atoms with Gasteiger partial charge in [0.15, 0.2) is 6.61 Å². The van der Waals surface area contributed by atoms with Gasteiger partial charge in [-0.05, 0) is 47.7 Å². The summed E-state index contributed by atoms with van der Waals surface area (Å²) in [6.07, 6.45) is -2.74. The summed E-state index contributed by atoms with van der Waals surface area (Å²) in [4.78, 5) is 2.35. The van der Waals surface area contributed by atoms with Gasteiger partial charge in [-0.15, -0.1) is 0 Å². The van der Waals surface area contributed by atoms with Crippen molar-refractivity contribution in [1.29, 1.82) is 0 Å². The van der Waals surface area contributed by atoms with E-state index in [1.165, 1.54) is 11.1 Å². The molecular formula is C22H21F3N2O2. The molecule has 5 rings (SSSR count). The van der Waals surface area contributed by atoms with Crippen molar-refractivity contribution in [3.8, 4) is 5.75 Å². The average molecular weight is 402 g/mol. The second kappa shape index (κ2) is 6.78. The van der Waals surface area contributed by atoms with E-state index >= 15 is 0 Å². The van der Waals surface area contributed by atoms with Crippen LogP contribution in [0.1, 0.15) is 28.4 Å². The number of halogens is 3. The highest BCUT2D eigenvalue weighted by Gasteiger charge is 2.35. The first-order chi connectivity index (χ1) is 13.9. The molecule has 0 aliphatic carbocycles. The highest BCUT2D eigenvalue weighted by molar-refractivity contribution is 5.86. The first kappa shape index (κ1) is 18.5. The second-order valence-corrected chi connectivity index (χ2v) is 7.72. The Hall–Kier alpha value is -2.51. The third-order valence-electron chi connectivity index (χ3n) is 6.07. The number of aromatic nitrogens is 1. The molecule has 0 amide bonds. The molecule has 3 heterocycles. The SMILES string of the molecule is OCn1c2c(c3ccccc31)CC1c3cc(OCC(F)(F)F)ccc3CCN1C2. The lowest BCUT2D eigenvalue weighted by atomic mass is 9.85. The number of aliphatic hydroxyl groups is 1. The van der Waals surface area contributed by atoms with Gasteiger partial charge < -0.3 is 14.4 Å². The number of hydrogen-bond acceptors (Lipinski definition) is 3. The van der Waals surface area contributed by atoms with Gasteiger partial charge in [0.05, 0.1) is 5.52 Å². The molecule has 7 heteroatoms. The molecule has 0 spiro atoms. The molecule has 2 aliphatic heterocycles. The van der Waals surface area contributed by atoms with Crippen LogP contribution < -0.4 is 4.74 Å². The quantitative estimate of drug-likeness (QED) is 0.714. The van der Waals surface area contributed by atoms with Gasteiger partial charge in [-0.3, -0.25) is 4.90 Å². The Balaban J connectivity index is 1.53. The molecule has 1 N–H and O–H groups in total. The third kappa shape index (κ3) is 3.18. The lowest BCUT2D eigenvalue weighted by Gasteiger charge is -2.41. The highest BCUT2D eigenvalue weighted by atomic mass is 19.4. The molecule has 1 atom stereocenters. The van der Waals surface area contributed by atoms with E-state index in [0.29, 0.717) is 6.54 Å². The van der Waals surface area contributed by atoms with E-state index in [9.17, 15) is 18.3 Å². The van der Waals surface area contributed by atoms with Gasteiger partial charge in [0, 0.05) is 30.2 Å². The van der Waals surface area contributed by atoms with Crippen LogP contribution in [0.25, 0.3) is 10.9 Å². The van der Waals surface area contributed by atoms with Crippen molar-refractivity contribution < 1.29 is 23.0 Å². The van der Waals surface area contributed by atoms with Crippen LogP contribution in [-0.2, 0) is 26.1 Å². The van der Waals surface area contributed by atoms with Gasteiger partial charge in [0.1, 0.15) is 12.5 Å². The summed E-state index contributed by atoms with van der Waals surface area (Å²) < 4.78 is 44.6. The van der Waals surface area contributed by atoms with Gasteiger partial charge in [0.2, 0.25) is 0 Å². The smallest absolute Gasteiger partial charge is 0.422 e. The standard InChI is InChI=1S/C22H21F3N2O2/c23-22(24,25)12-29-15-6-5-14-7-8-26-11-21-18(10-20(26)17(14)9-15)16-3-1-2-4-19(16)27(21)13-28/h1-6,9,20,28H,7-8,10-13H2. The predicted octanol–water partition coefficient (Wildman–Crippen LogP) is 4.19. The summed E-state index contributed by atoms with van der Waals surface area (Å²) in [5.74, 6) is 0.256. The molecule has 0 fully saturated rings. The molecule has 1 aromatic heterocycles. The zero-order chi connectivity index (χ0) is 20.2. The van der Waals surface area contributed by atoms with Crippen LogP contribution in [0.3, 0.4) is 0 Å². The number of benzene rings is 2. The average Bonchev–Trinajstić information content (AvgIpc) is 3.02. The minimum Gasteiger partial charge on any atom is -0.484 e. The van der Waals surface area contributed by atoms with Gasteiger partial charge in [0.25, 0.3) is 0 Å². The summed E-state index contributed by atoms with van der Waals surface area (Å²) in [5, 5.41) is 11.1. The summed E-state index contributed by atoms with van der Waals surface area (Å²) in [6, 6.07) is 13.4. The summed E-state index contributed by atoms with van der Waals surface area (Å²) in [5.41, 5.74) is 5.56. The van der Waals surface area contributed by atoms with Crippen LogP contribution in [0, 0.1) is 0 Å². The Morgan fingerprint density at radius 3 is 2.76 bits per heavy atom. The number of ether oxygens (including phenoxy) is 1. The van der Waals surface area contributed by atoms with E-state index in [1.54, 1.807) is 12.1 Å². The van der Waals surface area contributed by atoms with Crippen molar-refractivity contribution in [3.63, 3.8) is 0 Å². The van der Waals surface area contributed by atoms with Crippen LogP contribution in [-0.4, -0.2) is 33.9 Å². The van der Waals surface area contributed by atoms with E-state index < -0.39 is 12.8 Å². The Kier molecular flexibility index (Phi) is 4.33. The molecule has 2 aromatic carbocycles. The number of hydrogen-bond donors (Lipinski definition) is 1. The van der Waals surface area contributed by atoms with Crippen molar-refractivity contribution in [2.75, 3.05) is 13.2 Å². The number of fused-ring (bicyclic) bond motifs is 6. The number of nitrogens with zero attached hydrogens (tertiary/aromatic N) is 2. The van der Waals surface area contributed by atoms with Gasteiger partial charge in [-0.25, -0.2) is 0 Å². The molecule has 0 bridgehead atoms. The molecule has 0 saturated carbocycles. The highest BCUT2D eigenvalue weighted by Crippen LogP contribution is 2.42. The molecule has 4 nitrogen and oxygen atoms in total. The van der Waals surface area contributed by atoms with E-state index in [4.69, 9.17) is 4.74 Å². The maximum atomic E-state index is 12.5. The normalized spacial score (nSPS) is 19.0. The van der Waals surface area contributed by atoms with Crippen LogP contribution in [0.15, 0.2) is 42.5 Å². The number of alkyl halides is 3. The molecule has 0 radical (unpaired) electrons. The number of para-hydroxylation sites is 1. The zero-order valence-corrected chi connectivity index (χ0v) is 15.7. The van der Waals surface area contributed by atoms with E-state index in [2.05, 4.69) is 11.0 Å². The largest absolute Gasteiger partial charge is 0.484 e. The Bertz CT molecular complexity index is 1070. The van der Waals surface area contributed by atoms with Gasteiger partial charge in [-0.2, -0.15) is 13.2 Å². The molecule has 152 valence electrons. The van der Waals surface area contributed by atoms with Crippen LogP contribution in [0.4, 0.5) is 13.2 Å². The maximum absolute atomic E-state index is 12.5. The van der Waals surface area contributed by atoms with Crippen LogP contribution in [0.2, 0.25) is 0 Å². The Labute approximate surface area is 166 Å². The molecule has 1 unspecified atom stereocenters.